The van der Waals surface area contributed by atoms with Crippen LogP contribution < -0.4 is 0 Å². The van der Waals surface area contributed by atoms with Crippen molar-refractivity contribution in [1.82, 2.24) is 0 Å². The molecular weight excluding hydrogens is 425 g/mol. The molecule has 4 bridgehead atoms. The van der Waals surface area contributed by atoms with Gasteiger partial charge in [0, 0.05) is 17.8 Å². The Morgan fingerprint density at radius 2 is 1.26 bits per heavy atom. The molecule has 0 N–H and O–H groups in total. The molecule has 0 fully saturated rings. The molecule has 0 radical (unpaired) electrons. The van der Waals surface area contributed by atoms with Crippen molar-refractivity contribution in [3.63, 3.8) is 0 Å². The number of alkyl halides is 3. The van der Waals surface area contributed by atoms with Gasteiger partial charge in [0.2, 0.25) is 0 Å². The van der Waals surface area contributed by atoms with Crippen LogP contribution in [0, 0.1) is 23.7 Å². The van der Waals surface area contributed by atoms with Crippen molar-refractivity contribution in [1.29, 1.82) is 0 Å². The van der Waals surface area contributed by atoms with Gasteiger partial charge in [0.05, 0.1) is 0 Å². The largest absolute Gasteiger partial charge is 0.534 e. The van der Waals surface area contributed by atoms with E-state index in [0.717, 1.165) is 17.6 Å². The van der Waals surface area contributed by atoms with Gasteiger partial charge in [-0.2, -0.15) is 21.6 Å². The third-order valence-corrected chi connectivity index (χ3v) is 7.94. The van der Waals surface area contributed by atoms with Crippen molar-refractivity contribution in [2.75, 3.05) is 0 Å². The van der Waals surface area contributed by atoms with Crippen LogP contribution in [-0.4, -0.2) is 13.9 Å². The molecule has 4 unspecified atom stereocenters. The van der Waals surface area contributed by atoms with Gasteiger partial charge < -0.3 is 4.18 Å². The Morgan fingerprint density at radius 1 is 0.774 bits per heavy atom. The molecule has 0 heterocycles. The lowest BCUT2D eigenvalue weighted by molar-refractivity contribution is -0.0527. The number of hydrogen-bond acceptors (Lipinski definition) is 3. The predicted molar refractivity (Wildman–Crippen MR) is 113 cm³/mol. The van der Waals surface area contributed by atoms with Gasteiger partial charge in [-0.3, -0.25) is 0 Å². The van der Waals surface area contributed by atoms with Crippen LogP contribution in [0.5, 0.6) is 0 Å². The summed E-state index contributed by atoms with van der Waals surface area (Å²) in [4.78, 5) is 0. The molecule has 1 aromatic carbocycles. The first kappa shape index (κ1) is 20.6. The minimum absolute atomic E-state index is 0.112. The van der Waals surface area contributed by atoms with E-state index in [4.69, 9.17) is 0 Å². The zero-order chi connectivity index (χ0) is 22.0. The van der Waals surface area contributed by atoms with E-state index in [-0.39, 0.29) is 11.7 Å². The summed E-state index contributed by atoms with van der Waals surface area (Å²) in [5.41, 5.74) is 0.654. The van der Waals surface area contributed by atoms with E-state index in [1.165, 1.54) is 35.6 Å². The highest BCUT2D eigenvalue weighted by molar-refractivity contribution is 7.87. The standard InChI is InChI=1S/C24H23F3O3S/c1-14-10-18-7-6-17(14)11-21(18)15-2-4-16(5-3-15)22-12-20-9-8-19(22)13-23(20)30-31(28,29)24(25,26)27/h2-5,10-13,17-20H,6-9H2,1H3. The lowest BCUT2D eigenvalue weighted by atomic mass is 9.70. The van der Waals surface area contributed by atoms with Crippen LogP contribution in [-0.2, 0) is 14.3 Å². The number of fused-ring (bicyclic) bond motifs is 2. The first-order valence-corrected chi connectivity index (χ1v) is 12.0. The fourth-order valence-corrected chi connectivity index (χ4v) is 5.84. The van der Waals surface area contributed by atoms with Gasteiger partial charge in [-0.1, -0.05) is 48.1 Å². The molecular formula is C24H23F3O3S. The van der Waals surface area contributed by atoms with Crippen molar-refractivity contribution in [3.05, 3.63) is 71.0 Å². The fourth-order valence-electron chi connectivity index (χ4n) is 5.31. The van der Waals surface area contributed by atoms with Crippen molar-refractivity contribution in [2.45, 2.75) is 38.1 Å². The van der Waals surface area contributed by atoms with E-state index in [1.54, 1.807) is 0 Å². The summed E-state index contributed by atoms with van der Waals surface area (Å²) in [7, 11) is -5.64. The topological polar surface area (TPSA) is 43.4 Å². The Bertz CT molecular complexity index is 1140. The zero-order valence-electron chi connectivity index (χ0n) is 17.0. The second kappa shape index (κ2) is 7.12. The van der Waals surface area contributed by atoms with Crippen molar-refractivity contribution in [2.24, 2.45) is 23.7 Å². The van der Waals surface area contributed by atoms with Gasteiger partial charge >= 0.3 is 15.6 Å². The Morgan fingerprint density at radius 3 is 1.68 bits per heavy atom. The van der Waals surface area contributed by atoms with E-state index in [9.17, 15) is 21.6 Å². The summed E-state index contributed by atoms with van der Waals surface area (Å²) in [6.45, 7) is 2.20. The minimum atomic E-state index is -5.64. The van der Waals surface area contributed by atoms with Gasteiger partial charge in [-0.05, 0) is 66.9 Å². The molecule has 0 aromatic heterocycles. The lowest BCUT2D eigenvalue weighted by Gasteiger charge is -2.35. The monoisotopic (exact) mass is 448 g/mol. The molecule has 4 atom stereocenters. The lowest BCUT2D eigenvalue weighted by Crippen LogP contribution is -2.29. The minimum Gasteiger partial charge on any atom is -0.380 e. The van der Waals surface area contributed by atoms with Crippen LogP contribution in [0.25, 0.3) is 11.1 Å². The molecule has 0 saturated carbocycles. The maximum atomic E-state index is 12.7. The van der Waals surface area contributed by atoms with Crippen molar-refractivity contribution in [3.8, 4) is 0 Å². The summed E-state index contributed by atoms with van der Waals surface area (Å²) in [5, 5.41) is 0. The Balaban J connectivity index is 1.36. The second-order valence-electron chi connectivity index (χ2n) is 8.86. The molecule has 6 aliphatic rings. The van der Waals surface area contributed by atoms with E-state index in [0.29, 0.717) is 18.3 Å². The Hall–Kier alpha value is -2.28. The molecule has 0 amide bonds. The molecule has 0 saturated heterocycles. The van der Waals surface area contributed by atoms with Gasteiger partial charge in [0.25, 0.3) is 0 Å². The summed E-state index contributed by atoms with van der Waals surface area (Å²) in [5.74, 6) is 0.290. The Labute approximate surface area is 180 Å². The molecule has 0 aliphatic heterocycles. The van der Waals surface area contributed by atoms with E-state index < -0.39 is 21.5 Å². The number of allylic oxidation sites excluding steroid dienone is 7. The van der Waals surface area contributed by atoms with Gasteiger partial charge in [0.1, 0.15) is 5.76 Å². The first-order chi connectivity index (χ1) is 14.6. The molecule has 7 rings (SSSR count). The van der Waals surface area contributed by atoms with Crippen LogP contribution in [0.4, 0.5) is 13.2 Å². The van der Waals surface area contributed by atoms with Gasteiger partial charge in [-0.25, -0.2) is 0 Å². The smallest absolute Gasteiger partial charge is 0.380 e. The van der Waals surface area contributed by atoms with Gasteiger partial charge in [-0.15, -0.1) is 0 Å². The van der Waals surface area contributed by atoms with Crippen molar-refractivity contribution >= 4 is 21.3 Å². The van der Waals surface area contributed by atoms with Crippen molar-refractivity contribution < 1.29 is 25.8 Å². The fraction of sp³-hybridized carbons (Fsp3) is 0.417. The summed E-state index contributed by atoms with van der Waals surface area (Å²) >= 11 is 0. The Kier molecular flexibility index (Phi) is 4.73. The third-order valence-electron chi connectivity index (χ3n) is 6.96. The maximum Gasteiger partial charge on any atom is 0.534 e. The van der Waals surface area contributed by atoms with Crippen LogP contribution in [0.2, 0.25) is 0 Å². The zero-order valence-corrected chi connectivity index (χ0v) is 17.8. The van der Waals surface area contributed by atoms with Crippen LogP contribution in [0.15, 0.2) is 59.9 Å². The highest BCUT2D eigenvalue weighted by atomic mass is 32.2. The quantitative estimate of drug-likeness (QED) is 0.312. The van der Waals surface area contributed by atoms with E-state index >= 15 is 0 Å². The normalized spacial score (nSPS) is 29.8. The average molecular weight is 449 g/mol. The second-order valence-corrected chi connectivity index (χ2v) is 10.4. The summed E-state index contributed by atoms with van der Waals surface area (Å²) < 4.78 is 65.3. The highest BCUT2D eigenvalue weighted by Crippen LogP contribution is 2.47. The third kappa shape index (κ3) is 3.56. The molecule has 164 valence electrons. The van der Waals surface area contributed by atoms with E-state index in [1.807, 2.05) is 6.08 Å². The molecule has 0 spiro atoms. The molecule has 1 aromatic rings. The molecule has 3 nitrogen and oxygen atoms in total. The molecule has 7 heteroatoms. The first-order valence-electron chi connectivity index (χ1n) is 10.6. The summed E-state index contributed by atoms with van der Waals surface area (Å²) in [6, 6.07) is 8.34. The number of rotatable bonds is 4. The molecule has 31 heavy (non-hydrogen) atoms. The summed E-state index contributed by atoms with van der Waals surface area (Å²) in [6.07, 6.45) is 11.9. The van der Waals surface area contributed by atoms with Crippen LogP contribution in [0.3, 0.4) is 0 Å². The van der Waals surface area contributed by atoms with E-state index in [2.05, 4.69) is 47.5 Å². The van der Waals surface area contributed by atoms with Gasteiger partial charge in [0.15, 0.2) is 0 Å². The average Bonchev–Trinajstić information content (AvgIpc) is 2.73. The van der Waals surface area contributed by atoms with Crippen LogP contribution >= 0.6 is 0 Å². The molecule has 6 aliphatic carbocycles. The highest BCUT2D eigenvalue weighted by Gasteiger charge is 2.50. The SMILES string of the molecule is CC1=CC2CCC1C=C2c1ccc(C2=CC3CCC2C=C3OS(=O)(=O)C(F)(F)F)cc1. The number of halogens is 3. The van der Waals surface area contributed by atoms with Crippen LogP contribution in [0.1, 0.15) is 43.7 Å². The maximum absolute atomic E-state index is 12.7. The number of benzene rings is 1. The predicted octanol–water partition coefficient (Wildman–Crippen LogP) is 6.23. The number of hydrogen-bond donors (Lipinski definition) is 0.